The van der Waals surface area contributed by atoms with Gasteiger partial charge < -0.3 is 9.64 Å². The Bertz CT molecular complexity index is 660. The van der Waals surface area contributed by atoms with Gasteiger partial charge in [0.1, 0.15) is 0 Å². The molecule has 5 nitrogen and oxygen atoms in total. The fourth-order valence-corrected chi connectivity index (χ4v) is 4.87. The minimum atomic E-state index is 0.256. The molecule has 0 spiro atoms. The highest BCUT2D eigenvalue weighted by atomic mass is 16.5. The quantitative estimate of drug-likeness (QED) is 0.833. The number of methoxy groups -OCH3 is 1. The van der Waals surface area contributed by atoms with E-state index in [2.05, 4.69) is 33.0 Å². The van der Waals surface area contributed by atoms with E-state index in [9.17, 15) is 4.79 Å². The van der Waals surface area contributed by atoms with Gasteiger partial charge in [0, 0.05) is 57.2 Å². The van der Waals surface area contributed by atoms with Crippen LogP contribution in [0.5, 0.6) is 0 Å². The van der Waals surface area contributed by atoms with E-state index in [1.54, 1.807) is 0 Å². The number of pyridine rings is 1. The van der Waals surface area contributed by atoms with Crippen molar-refractivity contribution < 1.29 is 9.53 Å². The van der Waals surface area contributed by atoms with Crippen molar-refractivity contribution in [1.82, 2.24) is 14.8 Å². The molecule has 1 aromatic rings. The molecule has 140 valence electrons. The van der Waals surface area contributed by atoms with Gasteiger partial charge in [0.05, 0.1) is 12.1 Å². The molecule has 5 heteroatoms. The fourth-order valence-electron chi connectivity index (χ4n) is 4.87. The average molecular weight is 355 g/mol. The van der Waals surface area contributed by atoms with Crippen molar-refractivity contribution in [3.05, 3.63) is 41.7 Å². The van der Waals surface area contributed by atoms with Gasteiger partial charge in [-0.15, -0.1) is 0 Å². The number of ether oxygens (including phenoxy) is 1. The van der Waals surface area contributed by atoms with Gasteiger partial charge >= 0.3 is 0 Å². The molecule has 1 aromatic heterocycles. The maximum Gasteiger partial charge on any atom is 0.249 e. The first-order valence-corrected chi connectivity index (χ1v) is 9.90. The topological polar surface area (TPSA) is 45.7 Å². The SMILES string of the molecule is CO[C@@H]1CCN(C(=O)C2=CCCCC2)[C@H]2CN(Cc3ccncc3)C[C@@H]12. The van der Waals surface area contributed by atoms with E-state index in [0.717, 1.165) is 57.4 Å². The van der Waals surface area contributed by atoms with E-state index >= 15 is 0 Å². The van der Waals surface area contributed by atoms with Crippen molar-refractivity contribution in [2.45, 2.75) is 50.8 Å². The van der Waals surface area contributed by atoms with E-state index in [1.807, 2.05) is 19.5 Å². The summed E-state index contributed by atoms with van der Waals surface area (Å²) in [5, 5.41) is 0. The molecule has 4 rings (SSSR count). The summed E-state index contributed by atoms with van der Waals surface area (Å²) < 4.78 is 5.79. The molecule has 0 radical (unpaired) electrons. The first kappa shape index (κ1) is 17.7. The summed E-state index contributed by atoms with van der Waals surface area (Å²) >= 11 is 0. The molecule has 0 N–H and O–H groups in total. The maximum atomic E-state index is 13.1. The molecular weight excluding hydrogens is 326 g/mol. The Balaban J connectivity index is 1.50. The number of rotatable bonds is 4. The summed E-state index contributed by atoms with van der Waals surface area (Å²) in [6.07, 6.45) is 11.4. The van der Waals surface area contributed by atoms with Crippen LogP contribution in [0.4, 0.5) is 0 Å². The summed E-state index contributed by atoms with van der Waals surface area (Å²) in [6.45, 7) is 3.66. The summed E-state index contributed by atoms with van der Waals surface area (Å²) in [5.74, 6) is 0.684. The molecule has 0 unspecified atom stereocenters. The Labute approximate surface area is 156 Å². The standard InChI is InChI=1S/C21H29N3O2/c1-26-20-9-12-24(21(25)17-5-3-2-4-6-17)19-15-23(14-18(19)20)13-16-7-10-22-11-8-16/h5,7-8,10-11,18-20H,2-4,6,9,12-15H2,1H3/t18-,19+,20-/m1/s1. The molecule has 3 aliphatic rings. The smallest absolute Gasteiger partial charge is 0.249 e. The molecule has 3 atom stereocenters. The van der Waals surface area contributed by atoms with Crippen LogP contribution in [0.3, 0.4) is 0 Å². The predicted molar refractivity (Wildman–Crippen MR) is 100 cm³/mol. The van der Waals surface area contributed by atoms with Crippen LogP contribution in [0, 0.1) is 5.92 Å². The van der Waals surface area contributed by atoms with Gasteiger partial charge in [0.25, 0.3) is 0 Å². The minimum absolute atomic E-state index is 0.256. The number of hydrogen-bond donors (Lipinski definition) is 0. The highest BCUT2D eigenvalue weighted by molar-refractivity contribution is 5.94. The largest absolute Gasteiger partial charge is 0.381 e. The Kier molecular flexibility index (Phi) is 5.36. The first-order chi connectivity index (χ1) is 12.8. The molecule has 26 heavy (non-hydrogen) atoms. The molecule has 1 aliphatic carbocycles. The highest BCUT2D eigenvalue weighted by Gasteiger charge is 2.46. The van der Waals surface area contributed by atoms with Gasteiger partial charge in [0.2, 0.25) is 5.91 Å². The van der Waals surface area contributed by atoms with Crippen LogP contribution in [-0.2, 0) is 16.1 Å². The van der Waals surface area contributed by atoms with Gasteiger partial charge in [0.15, 0.2) is 0 Å². The van der Waals surface area contributed by atoms with Crippen LogP contribution < -0.4 is 0 Å². The van der Waals surface area contributed by atoms with Gasteiger partial charge in [-0.05, 0) is 49.8 Å². The van der Waals surface area contributed by atoms with Crippen molar-refractivity contribution in [2.24, 2.45) is 5.92 Å². The Morgan fingerprint density at radius 3 is 2.85 bits per heavy atom. The number of likely N-dealkylation sites (tertiary alicyclic amines) is 2. The summed E-state index contributed by atoms with van der Waals surface area (Å²) in [7, 11) is 1.81. The molecular formula is C21H29N3O2. The summed E-state index contributed by atoms with van der Waals surface area (Å²) in [5.41, 5.74) is 2.32. The maximum absolute atomic E-state index is 13.1. The molecule has 0 saturated carbocycles. The number of carbonyl (C=O) groups is 1. The summed E-state index contributed by atoms with van der Waals surface area (Å²) in [4.78, 5) is 21.9. The predicted octanol–water partition coefficient (Wildman–Crippen LogP) is 2.63. The number of aromatic nitrogens is 1. The second kappa shape index (κ2) is 7.89. The number of hydrogen-bond acceptors (Lipinski definition) is 4. The number of amides is 1. The van der Waals surface area contributed by atoms with Crippen LogP contribution in [0.1, 0.15) is 37.7 Å². The lowest BCUT2D eigenvalue weighted by molar-refractivity contribution is -0.134. The van der Waals surface area contributed by atoms with Crippen LogP contribution in [-0.4, -0.2) is 59.6 Å². The zero-order chi connectivity index (χ0) is 17.9. The van der Waals surface area contributed by atoms with E-state index in [-0.39, 0.29) is 18.1 Å². The van der Waals surface area contributed by atoms with Crippen molar-refractivity contribution in [2.75, 3.05) is 26.7 Å². The summed E-state index contributed by atoms with van der Waals surface area (Å²) in [6, 6.07) is 4.42. The molecule has 0 aromatic carbocycles. The Morgan fingerprint density at radius 1 is 1.27 bits per heavy atom. The Hall–Kier alpha value is -1.72. The fraction of sp³-hybridized carbons (Fsp3) is 0.619. The number of nitrogens with zero attached hydrogens (tertiary/aromatic N) is 3. The molecule has 2 fully saturated rings. The lowest BCUT2D eigenvalue weighted by Gasteiger charge is -2.41. The van der Waals surface area contributed by atoms with Crippen molar-refractivity contribution in [3.63, 3.8) is 0 Å². The average Bonchev–Trinajstić information content (AvgIpc) is 3.11. The molecule has 1 amide bonds. The van der Waals surface area contributed by atoms with Gasteiger partial charge in [-0.3, -0.25) is 14.7 Å². The van der Waals surface area contributed by atoms with Crippen LogP contribution in [0.25, 0.3) is 0 Å². The Morgan fingerprint density at radius 2 is 2.12 bits per heavy atom. The lowest BCUT2D eigenvalue weighted by Crippen LogP contribution is -2.54. The monoisotopic (exact) mass is 355 g/mol. The van der Waals surface area contributed by atoms with Gasteiger partial charge in [-0.25, -0.2) is 0 Å². The molecule has 3 heterocycles. The zero-order valence-electron chi connectivity index (χ0n) is 15.6. The number of piperidine rings is 1. The van der Waals surface area contributed by atoms with Gasteiger partial charge in [-0.2, -0.15) is 0 Å². The number of fused-ring (bicyclic) bond motifs is 1. The van der Waals surface area contributed by atoms with Crippen LogP contribution >= 0.6 is 0 Å². The van der Waals surface area contributed by atoms with Crippen molar-refractivity contribution in [3.8, 4) is 0 Å². The van der Waals surface area contributed by atoms with Crippen LogP contribution in [0.15, 0.2) is 36.2 Å². The van der Waals surface area contributed by atoms with Crippen LogP contribution in [0.2, 0.25) is 0 Å². The zero-order valence-corrected chi connectivity index (χ0v) is 15.6. The van der Waals surface area contributed by atoms with E-state index in [4.69, 9.17) is 4.74 Å². The molecule has 0 bridgehead atoms. The number of carbonyl (C=O) groups excluding carboxylic acids is 1. The van der Waals surface area contributed by atoms with E-state index < -0.39 is 0 Å². The third-order valence-electron chi connectivity index (χ3n) is 6.23. The second-order valence-electron chi connectivity index (χ2n) is 7.82. The van der Waals surface area contributed by atoms with E-state index in [1.165, 1.54) is 12.0 Å². The molecule has 2 aliphatic heterocycles. The minimum Gasteiger partial charge on any atom is -0.381 e. The highest BCUT2D eigenvalue weighted by Crippen LogP contribution is 2.34. The van der Waals surface area contributed by atoms with Crippen molar-refractivity contribution >= 4 is 5.91 Å². The normalized spacial score (nSPS) is 29.3. The van der Waals surface area contributed by atoms with Crippen molar-refractivity contribution in [1.29, 1.82) is 0 Å². The first-order valence-electron chi connectivity index (χ1n) is 9.90. The lowest BCUT2D eigenvalue weighted by atomic mass is 9.87. The number of allylic oxidation sites excluding steroid dienone is 1. The van der Waals surface area contributed by atoms with E-state index in [0.29, 0.717) is 5.92 Å². The third-order valence-corrected chi connectivity index (χ3v) is 6.23. The molecule has 2 saturated heterocycles. The third kappa shape index (κ3) is 3.55. The second-order valence-corrected chi connectivity index (χ2v) is 7.82. The van der Waals surface area contributed by atoms with Gasteiger partial charge in [-0.1, -0.05) is 6.08 Å².